The van der Waals surface area contributed by atoms with Gasteiger partial charge < -0.3 is 10.2 Å². The maximum Gasteiger partial charge on any atom is 0.151 e. The van der Waals surface area contributed by atoms with Gasteiger partial charge in [0, 0.05) is 25.7 Å². The summed E-state index contributed by atoms with van der Waals surface area (Å²) >= 11 is 0. The van der Waals surface area contributed by atoms with Crippen LogP contribution in [0.5, 0.6) is 0 Å². The van der Waals surface area contributed by atoms with Crippen molar-refractivity contribution in [3.63, 3.8) is 0 Å². The van der Waals surface area contributed by atoms with Crippen molar-refractivity contribution in [1.29, 1.82) is 0 Å². The topological polar surface area (TPSA) is 41.0 Å². The molecular formula is C16H28N4. The summed E-state index contributed by atoms with van der Waals surface area (Å²) in [5, 5.41) is 12.1. The van der Waals surface area contributed by atoms with Gasteiger partial charge >= 0.3 is 0 Å². The highest BCUT2D eigenvalue weighted by atomic mass is 15.3. The number of hydrogen-bond donors (Lipinski definition) is 1. The number of aromatic nitrogens is 2. The van der Waals surface area contributed by atoms with Gasteiger partial charge in [-0.3, -0.25) is 0 Å². The Morgan fingerprint density at radius 3 is 2.40 bits per heavy atom. The summed E-state index contributed by atoms with van der Waals surface area (Å²) in [4.78, 5) is 2.32. The lowest BCUT2D eigenvalue weighted by Gasteiger charge is -2.27. The van der Waals surface area contributed by atoms with E-state index in [2.05, 4.69) is 53.4 Å². The largest absolute Gasteiger partial charge is 0.355 e. The molecule has 20 heavy (non-hydrogen) atoms. The molecular weight excluding hydrogens is 248 g/mol. The van der Waals surface area contributed by atoms with Crippen LogP contribution in [-0.4, -0.2) is 29.3 Å². The van der Waals surface area contributed by atoms with Gasteiger partial charge in [-0.1, -0.05) is 39.5 Å². The van der Waals surface area contributed by atoms with Crippen LogP contribution in [0.4, 0.5) is 5.82 Å². The standard InChI is InChI=1S/C16H28N4/c1-13(2)17-12-14-10-11-16(19-18-14)20(3)15-8-6-4-5-7-9-15/h10-11,13,15,17H,4-9,12H2,1-3H3. The third-order valence-electron chi connectivity index (χ3n) is 4.13. The van der Waals surface area contributed by atoms with E-state index in [-0.39, 0.29) is 0 Å². The highest BCUT2D eigenvalue weighted by Gasteiger charge is 2.18. The molecule has 0 bridgehead atoms. The normalized spacial score (nSPS) is 17.2. The first-order valence-corrected chi connectivity index (χ1v) is 7.95. The molecule has 1 N–H and O–H groups in total. The van der Waals surface area contributed by atoms with E-state index in [1.54, 1.807) is 0 Å². The molecule has 4 nitrogen and oxygen atoms in total. The zero-order chi connectivity index (χ0) is 14.4. The van der Waals surface area contributed by atoms with Gasteiger partial charge in [0.15, 0.2) is 5.82 Å². The molecule has 0 spiro atoms. The molecule has 1 fully saturated rings. The van der Waals surface area contributed by atoms with E-state index < -0.39 is 0 Å². The van der Waals surface area contributed by atoms with Crippen LogP contribution in [0, 0.1) is 0 Å². The molecule has 0 aromatic carbocycles. The molecule has 1 aliphatic rings. The Morgan fingerprint density at radius 2 is 1.85 bits per heavy atom. The van der Waals surface area contributed by atoms with Gasteiger partial charge in [0.25, 0.3) is 0 Å². The molecule has 4 heteroatoms. The summed E-state index contributed by atoms with van der Waals surface area (Å²) < 4.78 is 0. The zero-order valence-electron chi connectivity index (χ0n) is 13.1. The number of nitrogens with zero attached hydrogens (tertiary/aromatic N) is 3. The van der Waals surface area contributed by atoms with Crippen LogP contribution in [0.2, 0.25) is 0 Å². The van der Waals surface area contributed by atoms with Crippen molar-refractivity contribution >= 4 is 5.82 Å². The molecule has 0 aliphatic heterocycles. The van der Waals surface area contributed by atoms with E-state index in [9.17, 15) is 0 Å². The highest BCUT2D eigenvalue weighted by Crippen LogP contribution is 2.23. The Balaban J connectivity index is 1.94. The van der Waals surface area contributed by atoms with E-state index in [1.807, 2.05) is 0 Å². The molecule has 0 atom stereocenters. The lowest BCUT2D eigenvalue weighted by Crippen LogP contribution is -2.32. The maximum absolute atomic E-state index is 4.40. The minimum Gasteiger partial charge on any atom is -0.355 e. The first kappa shape index (κ1) is 15.2. The first-order valence-electron chi connectivity index (χ1n) is 7.95. The SMILES string of the molecule is CC(C)NCc1ccc(N(C)C2CCCCCC2)nn1. The molecule has 1 aliphatic carbocycles. The average Bonchev–Trinajstić information content (AvgIpc) is 2.74. The maximum atomic E-state index is 4.40. The van der Waals surface area contributed by atoms with Crippen LogP contribution in [-0.2, 0) is 6.54 Å². The molecule has 1 aromatic heterocycles. The second-order valence-corrected chi connectivity index (χ2v) is 6.17. The predicted molar refractivity (Wildman–Crippen MR) is 83.9 cm³/mol. The highest BCUT2D eigenvalue weighted by molar-refractivity contribution is 5.37. The molecule has 0 radical (unpaired) electrons. The minimum absolute atomic E-state index is 0.477. The van der Waals surface area contributed by atoms with Crippen LogP contribution in [0.3, 0.4) is 0 Å². The third-order valence-corrected chi connectivity index (χ3v) is 4.13. The average molecular weight is 276 g/mol. The van der Waals surface area contributed by atoms with E-state index in [0.717, 1.165) is 18.1 Å². The van der Waals surface area contributed by atoms with Crippen molar-refractivity contribution < 1.29 is 0 Å². The van der Waals surface area contributed by atoms with E-state index in [1.165, 1.54) is 38.5 Å². The van der Waals surface area contributed by atoms with Gasteiger partial charge in [0.1, 0.15) is 0 Å². The fourth-order valence-electron chi connectivity index (χ4n) is 2.78. The van der Waals surface area contributed by atoms with Crippen molar-refractivity contribution in [3.05, 3.63) is 17.8 Å². The van der Waals surface area contributed by atoms with Crippen molar-refractivity contribution in [1.82, 2.24) is 15.5 Å². The molecule has 1 heterocycles. The quantitative estimate of drug-likeness (QED) is 0.839. The van der Waals surface area contributed by atoms with E-state index >= 15 is 0 Å². The summed E-state index contributed by atoms with van der Waals surface area (Å²) in [7, 11) is 2.16. The third kappa shape index (κ3) is 4.44. The molecule has 0 saturated heterocycles. The fourth-order valence-corrected chi connectivity index (χ4v) is 2.78. The summed E-state index contributed by atoms with van der Waals surface area (Å²) in [5.74, 6) is 1.00. The van der Waals surface area contributed by atoms with Crippen LogP contribution in [0.25, 0.3) is 0 Å². The van der Waals surface area contributed by atoms with Gasteiger partial charge in [-0.15, -0.1) is 5.10 Å². The lowest BCUT2D eigenvalue weighted by atomic mass is 10.1. The van der Waals surface area contributed by atoms with E-state index in [4.69, 9.17) is 0 Å². The lowest BCUT2D eigenvalue weighted by molar-refractivity contribution is 0.545. The van der Waals surface area contributed by atoms with Crippen molar-refractivity contribution in [2.45, 2.75) is 71.0 Å². The fraction of sp³-hybridized carbons (Fsp3) is 0.750. The second kappa shape index (κ2) is 7.58. The summed E-state index contributed by atoms with van der Waals surface area (Å²) in [6.45, 7) is 5.07. The smallest absolute Gasteiger partial charge is 0.151 e. The van der Waals surface area contributed by atoms with Gasteiger partial charge in [0.05, 0.1) is 5.69 Å². The van der Waals surface area contributed by atoms with Crippen molar-refractivity contribution in [2.24, 2.45) is 0 Å². The van der Waals surface area contributed by atoms with Crippen LogP contribution in [0.1, 0.15) is 58.1 Å². The van der Waals surface area contributed by atoms with Crippen LogP contribution in [0.15, 0.2) is 12.1 Å². The molecule has 0 unspecified atom stereocenters. The summed E-state index contributed by atoms with van der Waals surface area (Å²) in [5.41, 5.74) is 1.01. The minimum atomic E-state index is 0.477. The predicted octanol–water partition coefficient (Wildman–Crippen LogP) is 3.13. The molecule has 0 amide bonds. The Hall–Kier alpha value is -1.16. The second-order valence-electron chi connectivity index (χ2n) is 6.17. The number of rotatable bonds is 5. The van der Waals surface area contributed by atoms with Crippen molar-refractivity contribution in [3.8, 4) is 0 Å². The Kier molecular flexibility index (Phi) is 5.77. The van der Waals surface area contributed by atoms with Gasteiger partial charge in [-0.05, 0) is 25.0 Å². The van der Waals surface area contributed by atoms with Gasteiger partial charge in [-0.25, -0.2) is 0 Å². The van der Waals surface area contributed by atoms with Gasteiger partial charge in [-0.2, -0.15) is 5.10 Å². The summed E-state index contributed by atoms with van der Waals surface area (Å²) in [6.07, 6.45) is 8.03. The molecule has 2 rings (SSSR count). The number of anilines is 1. The molecule has 1 saturated carbocycles. The molecule has 112 valence electrons. The van der Waals surface area contributed by atoms with E-state index in [0.29, 0.717) is 12.1 Å². The monoisotopic (exact) mass is 276 g/mol. The summed E-state index contributed by atoms with van der Waals surface area (Å²) in [6, 6.07) is 5.30. The van der Waals surface area contributed by atoms with Crippen LogP contribution >= 0.6 is 0 Å². The Labute approximate surface area is 123 Å². The van der Waals surface area contributed by atoms with Gasteiger partial charge in [0.2, 0.25) is 0 Å². The number of nitrogens with one attached hydrogen (secondary N) is 1. The Morgan fingerprint density at radius 1 is 1.15 bits per heavy atom. The van der Waals surface area contributed by atoms with Crippen LogP contribution < -0.4 is 10.2 Å². The molecule has 1 aromatic rings. The Bertz CT molecular complexity index is 380. The van der Waals surface area contributed by atoms with Crippen molar-refractivity contribution in [2.75, 3.05) is 11.9 Å². The number of hydrogen-bond acceptors (Lipinski definition) is 4. The zero-order valence-corrected chi connectivity index (χ0v) is 13.1. The first-order chi connectivity index (χ1) is 9.66.